The Labute approximate surface area is 79.0 Å². The molecule has 0 unspecified atom stereocenters. The van der Waals surface area contributed by atoms with Crippen molar-refractivity contribution in [3.05, 3.63) is 11.5 Å². The van der Waals surface area contributed by atoms with Crippen LogP contribution in [0.15, 0.2) is 0 Å². The molecule has 1 aromatic rings. The lowest BCUT2D eigenvalue weighted by Gasteiger charge is -2.06. The molecule has 0 aliphatic heterocycles. The molecule has 3 nitrogen and oxygen atoms in total. The second-order valence-electron chi connectivity index (χ2n) is 3.87. The Kier molecular flexibility index (Phi) is 2.02. The van der Waals surface area contributed by atoms with Crippen molar-refractivity contribution >= 4 is 5.82 Å². The maximum Gasteiger partial charge on any atom is 0.126 e. The van der Waals surface area contributed by atoms with Crippen molar-refractivity contribution in [1.82, 2.24) is 9.55 Å². The molecule has 72 valence electrons. The van der Waals surface area contributed by atoms with Gasteiger partial charge in [0.15, 0.2) is 0 Å². The minimum absolute atomic E-state index is 0.697. The first-order valence-electron chi connectivity index (χ1n) is 5.06. The van der Waals surface area contributed by atoms with Gasteiger partial charge in [0.05, 0.1) is 5.69 Å². The molecule has 1 aliphatic carbocycles. The quantitative estimate of drug-likeness (QED) is 0.771. The van der Waals surface area contributed by atoms with Crippen LogP contribution < -0.4 is 5.73 Å². The highest BCUT2D eigenvalue weighted by Crippen LogP contribution is 2.40. The van der Waals surface area contributed by atoms with Crippen LogP contribution in [-0.2, 0) is 6.54 Å². The molecular weight excluding hydrogens is 162 g/mol. The minimum atomic E-state index is 0.697. The summed E-state index contributed by atoms with van der Waals surface area (Å²) in [5.41, 5.74) is 6.95. The molecule has 1 fully saturated rings. The van der Waals surface area contributed by atoms with Crippen molar-refractivity contribution in [2.45, 2.75) is 45.6 Å². The second kappa shape index (κ2) is 3.05. The average molecular weight is 179 g/mol. The molecule has 1 aliphatic rings. The van der Waals surface area contributed by atoms with Crippen LogP contribution in [0.25, 0.3) is 0 Å². The molecule has 0 saturated heterocycles. The van der Waals surface area contributed by atoms with Crippen LogP contribution in [0.3, 0.4) is 0 Å². The number of anilines is 1. The van der Waals surface area contributed by atoms with Crippen LogP contribution in [0.2, 0.25) is 0 Å². The Balaban J connectivity index is 2.35. The summed E-state index contributed by atoms with van der Waals surface area (Å²) in [4.78, 5) is 4.53. The third-order valence-corrected chi connectivity index (χ3v) is 2.61. The average Bonchev–Trinajstić information content (AvgIpc) is 2.89. The fourth-order valence-corrected chi connectivity index (χ4v) is 1.72. The van der Waals surface area contributed by atoms with E-state index in [-0.39, 0.29) is 0 Å². The van der Waals surface area contributed by atoms with E-state index < -0.39 is 0 Å². The summed E-state index contributed by atoms with van der Waals surface area (Å²) in [7, 11) is 0. The lowest BCUT2D eigenvalue weighted by molar-refractivity contribution is 0.646. The number of rotatable bonds is 3. The van der Waals surface area contributed by atoms with Crippen molar-refractivity contribution in [3.8, 4) is 0 Å². The van der Waals surface area contributed by atoms with Gasteiger partial charge in [-0.1, -0.05) is 6.92 Å². The van der Waals surface area contributed by atoms with Crippen LogP contribution in [0.5, 0.6) is 0 Å². The Bertz CT molecular complexity index is 310. The van der Waals surface area contributed by atoms with E-state index in [1.165, 1.54) is 18.7 Å². The number of nitrogens with zero attached hydrogens (tertiary/aromatic N) is 2. The third kappa shape index (κ3) is 1.43. The fraction of sp³-hybridized carbons (Fsp3) is 0.700. The second-order valence-corrected chi connectivity index (χ2v) is 3.87. The minimum Gasteiger partial charge on any atom is -0.384 e. The molecule has 13 heavy (non-hydrogen) atoms. The Morgan fingerprint density at radius 2 is 2.23 bits per heavy atom. The first kappa shape index (κ1) is 8.60. The molecule has 0 bridgehead atoms. The summed E-state index contributed by atoms with van der Waals surface area (Å²) < 4.78 is 2.19. The highest BCUT2D eigenvalue weighted by Gasteiger charge is 2.29. The van der Waals surface area contributed by atoms with E-state index in [0.717, 1.165) is 24.5 Å². The number of imidazole rings is 1. The maximum atomic E-state index is 5.96. The molecule has 2 N–H and O–H groups in total. The summed E-state index contributed by atoms with van der Waals surface area (Å²) >= 11 is 0. The van der Waals surface area contributed by atoms with E-state index in [2.05, 4.69) is 16.5 Å². The van der Waals surface area contributed by atoms with Gasteiger partial charge in [-0.3, -0.25) is 0 Å². The van der Waals surface area contributed by atoms with Crippen molar-refractivity contribution < 1.29 is 0 Å². The highest BCUT2D eigenvalue weighted by molar-refractivity contribution is 5.38. The van der Waals surface area contributed by atoms with E-state index in [4.69, 9.17) is 5.73 Å². The van der Waals surface area contributed by atoms with Gasteiger partial charge in [0, 0.05) is 12.5 Å². The summed E-state index contributed by atoms with van der Waals surface area (Å²) in [6.45, 7) is 5.18. The first-order chi connectivity index (χ1) is 6.24. The van der Waals surface area contributed by atoms with Crippen molar-refractivity contribution in [3.63, 3.8) is 0 Å². The topological polar surface area (TPSA) is 43.8 Å². The van der Waals surface area contributed by atoms with Gasteiger partial charge < -0.3 is 10.3 Å². The van der Waals surface area contributed by atoms with Crippen LogP contribution in [-0.4, -0.2) is 9.55 Å². The first-order valence-corrected chi connectivity index (χ1v) is 5.06. The van der Waals surface area contributed by atoms with Gasteiger partial charge >= 0.3 is 0 Å². The molecule has 3 heteroatoms. The van der Waals surface area contributed by atoms with Crippen LogP contribution in [0.4, 0.5) is 5.82 Å². The number of hydrogen-bond donors (Lipinski definition) is 1. The lowest BCUT2D eigenvalue weighted by atomic mass is 10.4. The normalized spacial score (nSPS) is 16.5. The third-order valence-electron chi connectivity index (χ3n) is 2.61. The van der Waals surface area contributed by atoms with Crippen molar-refractivity contribution in [1.29, 1.82) is 0 Å². The van der Waals surface area contributed by atoms with E-state index in [9.17, 15) is 0 Å². The number of hydrogen-bond acceptors (Lipinski definition) is 2. The molecule has 1 saturated carbocycles. The zero-order valence-corrected chi connectivity index (χ0v) is 8.38. The van der Waals surface area contributed by atoms with Crippen LogP contribution in [0, 0.1) is 6.92 Å². The van der Waals surface area contributed by atoms with Crippen molar-refractivity contribution in [2.75, 3.05) is 5.73 Å². The lowest BCUT2D eigenvalue weighted by Crippen LogP contribution is -2.06. The zero-order valence-electron chi connectivity index (χ0n) is 8.38. The molecule has 0 radical (unpaired) electrons. The van der Waals surface area contributed by atoms with E-state index >= 15 is 0 Å². The number of nitrogens with two attached hydrogens (primary N) is 1. The monoisotopic (exact) mass is 179 g/mol. The summed E-state index contributed by atoms with van der Waals surface area (Å²) in [5.74, 6) is 2.78. The summed E-state index contributed by atoms with van der Waals surface area (Å²) in [6.07, 6.45) is 3.71. The number of aromatic nitrogens is 2. The van der Waals surface area contributed by atoms with E-state index in [0.29, 0.717) is 5.92 Å². The highest BCUT2D eigenvalue weighted by atomic mass is 15.1. The number of aryl methyl sites for hydroxylation is 1. The molecular formula is C10H17N3. The Hall–Kier alpha value is -0.990. The van der Waals surface area contributed by atoms with E-state index in [1.54, 1.807) is 0 Å². The SMILES string of the molecule is CCCn1c(C2CC2)nc(C)c1N. The van der Waals surface area contributed by atoms with Crippen LogP contribution >= 0.6 is 0 Å². The Morgan fingerprint density at radius 3 is 2.77 bits per heavy atom. The molecule has 1 heterocycles. The smallest absolute Gasteiger partial charge is 0.126 e. The Morgan fingerprint density at radius 1 is 1.54 bits per heavy atom. The van der Waals surface area contributed by atoms with Gasteiger partial charge in [0.1, 0.15) is 11.6 Å². The van der Waals surface area contributed by atoms with Gasteiger partial charge in [0.2, 0.25) is 0 Å². The van der Waals surface area contributed by atoms with Gasteiger partial charge in [0.25, 0.3) is 0 Å². The van der Waals surface area contributed by atoms with Gasteiger partial charge in [-0.2, -0.15) is 0 Å². The zero-order chi connectivity index (χ0) is 9.42. The standard InChI is InChI=1S/C10H17N3/c1-3-6-13-9(11)7(2)12-10(13)8-4-5-8/h8H,3-6,11H2,1-2H3. The summed E-state index contributed by atoms with van der Waals surface area (Å²) in [6, 6.07) is 0. The van der Waals surface area contributed by atoms with E-state index in [1.807, 2.05) is 6.92 Å². The van der Waals surface area contributed by atoms with Crippen molar-refractivity contribution in [2.24, 2.45) is 0 Å². The van der Waals surface area contributed by atoms with Crippen LogP contribution in [0.1, 0.15) is 43.6 Å². The predicted molar refractivity (Wildman–Crippen MR) is 53.6 cm³/mol. The largest absolute Gasteiger partial charge is 0.384 e. The van der Waals surface area contributed by atoms with Gasteiger partial charge in [-0.15, -0.1) is 0 Å². The molecule has 0 spiro atoms. The fourth-order valence-electron chi connectivity index (χ4n) is 1.72. The van der Waals surface area contributed by atoms with Gasteiger partial charge in [-0.05, 0) is 26.2 Å². The van der Waals surface area contributed by atoms with Gasteiger partial charge in [-0.25, -0.2) is 4.98 Å². The summed E-state index contributed by atoms with van der Waals surface area (Å²) in [5, 5.41) is 0. The molecule has 1 aromatic heterocycles. The molecule has 0 amide bonds. The predicted octanol–water partition coefficient (Wildman–Crippen LogP) is 2.06. The molecule has 0 atom stereocenters. The molecule has 2 rings (SSSR count). The maximum absolute atomic E-state index is 5.96. The molecule has 0 aromatic carbocycles. The number of nitrogen functional groups attached to an aromatic ring is 1.